The van der Waals surface area contributed by atoms with Crippen molar-refractivity contribution in [2.45, 2.75) is 12.5 Å². The summed E-state index contributed by atoms with van der Waals surface area (Å²) in [4.78, 5) is 12.0. The largest absolute Gasteiger partial charge is 0.379 e. The van der Waals surface area contributed by atoms with Crippen LogP contribution in [0.25, 0.3) is 0 Å². The molecule has 1 aliphatic heterocycles. The molecule has 2 rings (SSSR count). The lowest BCUT2D eigenvalue weighted by Crippen LogP contribution is -2.37. The molecule has 2 unspecified atom stereocenters. The summed E-state index contributed by atoms with van der Waals surface area (Å²) in [6.07, 6.45) is 0.0287. The van der Waals surface area contributed by atoms with Gasteiger partial charge in [0.15, 0.2) is 0 Å². The van der Waals surface area contributed by atoms with Gasteiger partial charge in [-0.05, 0) is 24.7 Å². The van der Waals surface area contributed by atoms with Crippen molar-refractivity contribution in [3.63, 3.8) is 0 Å². The highest BCUT2D eigenvalue weighted by atomic mass is 19.1. The second kappa shape index (κ2) is 5.54. The van der Waals surface area contributed by atoms with Crippen LogP contribution in [0.5, 0.6) is 0 Å². The Kier molecular flexibility index (Phi) is 4.04. The van der Waals surface area contributed by atoms with Crippen LogP contribution in [0.1, 0.15) is 5.56 Å². The Balaban J connectivity index is 2.06. The first-order valence-electron chi connectivity index (χ1n) is 5.83. The van der Waals surface area contributed by atoms with Crippen LogP contribution in [-0.4, -0.2) is 32.1 Å². The molecule has 0 aliphatic carbocycles. The van der Waals surface area contributed by atoms with Gasteiger partial charge in [-0.25, -0.2) is 8.78 Å². The molecule has 0 radical (unpaired) electrons. The van der Waals surface area contributed by atoms with E-state index in [1.165, 1.54) is 12.1 Å². The molecule has 0 saturated carbocycles. The summed E-state index contributed by atoms with van der Waals surface area (Å²) >= 11 is 0. The molecular formula is C13H15F2NO2. The van der Waals surface area contributed by atoms with Crippen LogP contribution >= 0.6 is 0 Å². The van der Waals surface area contributed by atoms with E-state index in [1.54, 1.807) is 7.05 Å². The van der Waals surface area contributed by atoms with Gasteiger partial charge in [0.1, 0.15) is 17.4 Å². The lowest BCUT2D eigenvalue weighted by molar-refractivity contribution is -0.122. The normalized spacial score (nSPS) is 23.3. The van der Waals surface area contributed by atoms with E-state index in [1.807, 2.05) is 0 Å². The molecule has 1 aromatic carbocycles. The molecule has 5 heteroatoms. The van der Waals surface area contributed by atoms with Gasteiger partial charge in [0.25, 0.3) is 0 Å². The number of carbonyl (C=O) groups excluding carboxylic acids is 1. The van der Waals surface area contributed by atoms with E-state index in [4.69, 9.17) is 4.74 Å². The van der Waals surface area contributed by atoms with Crippen LogP contribution < -0.4 is 5.32 Å². The van der Waals surface area contributed by atoms with Gasteiger partial charge in [0.2, 0.25) is 0 Å². The number of rotatable bonds is 4. The van der Waals surface area contributed by atoms with Gasteiger partial charge >= 0.3 is 0 Å². The van der Waals surface area contributed by atoms with Crippen molar-refractivity contribution < 1.29 is 18.3 Å². The van der Waals surface area contributed by atoms with Gasteiger partial charge in [-0.1, -0.05) is 0 Å². The van der Waals surface area contributed by atoms with E-state index in [0.29, 0.717) is 18.8 Å². The minimum Gasteiger partial charge on any atom is -0.379 e. The van der Waals surface area contributed by atoms with Gasteiger partial charge in [0.05, 0.1) is 19.1 Å². The number of halogens is 2. The Morgan fingerprint density at radius 1 is 1.33 bits per heavy atom. The molecule has 0 aromatic heterocycles. The monoisotopic (exact) mass is 255 g/mol. The summed E-state index contributed by atoms with van der Waals surface area (Å²) in [6.45, 7) is 0.854. The van der Waals surface area contributed by atoms with E-state index < -0.39 is 11.6 Å². The average molecular weight is 255 g/mol. The number of hydrogen-bond acceptors (Lipinski definition) is 3. The molecule has 98 valence electrons. The predicted octanol–water partition coefficient (Wildman–Crippen LogP) is 1.31. The standard InChI is InChI=1S/C13H15F2NO2/c1-16-12-7-18-6-11(12)13(17)4-8-2-9(14)5-10(15)3-8/h2-3,5,11-12,16H,4,6-7H2,1H3. The predicted molar refractivity (Wildman–Crippen MR) is 62.2 cm³/mol. The molecule has 18 heavy (non-hydrogen) atoms. The van der Waals surface area contributed by atoms with E-state index in [-0.39, 0.29) is 24.2 Å². The summed E-state index contributed by atoms with van der Waals surface area (Å²) in [5.74, 6) is -1.63. The van der Waals surface area contributed by atoms with Crippen molar-refractivity contribution in [2.75, 3.05) is 20.3 Å². The van der Waals surface area contributed by atoms with Crippen LogP contribution in [0.2, 0.25) is 0 Å². The van der Waals surface area contributed by atoms with Crippen molar-refractivity contribution >= 4 is 5.78 Å². The van der Waals surface area contributed by atoms with Crippen LogP contribution in [0.4, 0.5) is 8.78 Å². The second-order valence-electron chi connectivity index (χ2n) is 4.46. The minimum absolute atomic E-state index is 0.0177. The first kappa shape index (κ1) is 13.1. The first-order chi connectivity index (χ1) is 8.60. The van der Waals surface area contributed by atoms with E-state index in [9.17, 15) is 13.6 Å². The van der Waals surface area contributed by atoms with Crippen LogP contribution in [0.3, 0.4) is 0 Å². The Bertz CT molecular complexity index is 430. The molecule has 0 amide bonds. The van der Waals surface area contributed by atoms with E-state index >= 15 is 0 Å². The van der Waals surface area contributed by atoms with Gasteiger partial charge in [-0.3, -0.25) is 4.79 Å². The third-order valence-electron chi connectivity index (χ3n) is 3.17. The molecule has 3 nitrogen and oxygen atoms in total. The lowest BCUT2D eigenvalue weighted by Gasteiger charge is -2.15. The van der Waals surface area contributed by atoms with E-state index in [2.05, 4.69) is 5.32 Å². The van der Waals surface area contributed by atoms with Gasteiger partial charge in [-0.2, -0.15) is 0 Å². The number of ketones is 1. The molecule has 1 fully saturated rings. The summed E-state index contributed by atoms with van der Waals surface area (Å²) in [5.41, 5.74) is 0.360. The van der Waals surface area contributed by atoms with Crippen LogP contribution in [-0.2, 0) is 16.0 Å². The van der Waals surface area contributed by atoms with Crippen molar-refractivity contribution in [1.82, 2.24) is 5.32 Å². The Morgan fingerprint density at radius 3 is 2.61 bits per heavy atom. The lowest BCUT2D eigenvalue weighted by atomic mass is 9.94. The summed E-state index contributed by atoms with van der Waals surface area (Å²) < 4.78 is 31.3. The molecule has 0 bridgehead atoms. The van der Waals surface area contributed by atoms with Crippen LogP contribution in [0, 0.1) is 17.6 Å². The quantitative estimate of drug-likeness (QED) is 0.881. The molecule has 1 aliphatic rings. The smallest absolute Gasteiger partial charge is 0.144 e. The second-order valence-corrected chi connectivity index (χ2v) is 4.46. The van der Waals surface area contributed by atoms with Crippen molar-refractivity contribution in [3.05, 3.63) is 35.4 Å². The average Bonchev–Trinajstić information content (AvgIpc) is 2.75. The minimum atomic E-state index is -0.661. The zero-order valence-electron chi connectivity index (χ0n) is 10.1. The first-order valence-corrected chi connectivity index (χ1v) is 5.83. The molecule has 1 heterocycles. The number of Topliss-reactive ketones (excluding diaryl/α,β-unsaturated/α-hetero) is 1. The van der Waals surface area contributed by atoms with E-state index in [0.717, 1.165) is 6.07 Å². The Morgan fingerprint density at radius 2 is 2.00 bits per heavy atom. The Labute approximate surface area is 104 Å². The maximum atomic E-state index is 13.0. The van der Waals surface area contributed by atoms with Crippen molar-refractivity contribution in [1.29, 1.82) is 0 Å². The molecule has 1 saturated heterocycles. The zero-order valence-corrected chi connectivity index (χ0v) is 10.1. The third-order valence-corrected chi connectivity index (χ3v) is 3.17. The van der Waals surface area contributed by atoms with Gasteiger partial charge in [0, 0.05) is 18.5 Å². The zero-order chi connectivity index (χ0) is 13.1. The highest BCUT2D eigenvalue weighted by Gasteiger charge is 2.32. The maximum Gasteiger partial charge on any atom is 0.144 e. The van der Waals surface area contributed by atoms with Crippen molar-refractivity contribution in [2.24, 2.45) is 5.92 Å². The molecule has 2 atom stereocenters. The summed E-state index contributed by atoms with van der Waals surface area (Å²) in [5, 5.41) is 3.01. The molecule has 1 N–H and O–H groups in total. The number of benzene rings is 1. The maximum absolute atomic E-state index is 13.0. The summed E-state index contributed by atoms with van der Waals surface area (Å²) in [6, 6.07) is 3.15. The highest BCUT2D eigenvalue weighted by Crippen LogP contribution is 2.18. The molecular weight excluding hydrogens is 240 g/mol. The number of hydrogen-bond donors (Lipinski definition) is 1. The fraction of sp³-hybridized carbons (Fsp3) is 0.462. The fourth-order valence-electron chi connectivity index (χ4n) is 2.20. The Hall–Kier alpha value is -1.33. The van der Waals surface area contributed by atoms with Gasteiger partial charge < -0.3 is 10.1 Å². The van der Waals surface area contributed by atoms with Crippen molar-refractivity contribution in [3.8, 4) is 0 Å². The van der Waals surface area contributed by atoms with Gasteiger partial charge in [-0.15, -0.1) is 0 Å². The number of likely N-dealkylation sites (N-methyl/N-ethyl adjacent to an activating group) is 1. The molecule has 0 spiro atoms. The van der Waals surface area contributed by atoms with Crippen LogP contribution in [0.15, 0.2) is 18.2 Å². The third kappa shape index (κ3) is 2.91. The number of nitrogens with one attached hydrogen (secondary N) is 1. The number of carbonyl (C=O) groups is 1. The fourth-order valence-corrected chi connectivity index (χ4v) is 2.20. The highest BCUT2D eigenvalue weighted by molar-refractivity contribution is 5.84. The number of ether oxygens (including phenoxy) is 1. The summed E-state index contributed by atoms with van der Waals surface area (Å²) in [7, 11) is 1.77. The SMILES string of the molecule is CNC1COCC1C(=O)Cc1cc(F)cc(F)c1. The topological polar surface area (TPSA) is 38.3 Å². The molecule has 1 aromatic rings.